The number of aryl methyl sites for hydroxylation is 2. The van der Waals surface area contributed by atoms with Gasteiger partial charge in [0.2, 0.25) is 0 Å². The van der Waals surface area contributed by atoms with Crippen molar-refractivity contribution in [2.75, 3.05) is 0 Å². The minimum absolute atomic E-state index is 0. The van der Waals surface area contributed by atoms with Gasteiger partial charge >= 0.3 is 0 Å². The standard InChI is InChI=1S/C37H23N2S2.C13H12N.Ir/c1-3-10-25(11-4-1)29-14-9-15-30(26-12-5-2-6-13-26)36(29)39-34-17-8-7-16-33(34)38-37(39)32-24-41-35-19-18-27(22-31(32)35)28-20-21-40-23-28;1-10-3-6-12(7-4-10)13-8-5-11(2)9-14-13;/h1-23H;3-6,8-9H,1-2H3;/q2*-1;/i;1D3,2D3;. The molecule has 0 atom stereocenters. The molecule has 10 rings (SSSR count). The van der Waals surface area contributed by atoms with Crippen LogP contribution in [-0.2, 0) is 20.1 Å². The van der Waals surface area contributed by atoms with Crippen LogP contribution in [0.15, 0.2) is 175 Å². The van der Waals surface area contributed by atoms with Crippen LogP contribution in [0, 0.1) is 25.2 Å². The van der Waals surface area contributed by atoms with E-state index in [9.17, 15) is 0 Å². The molecular formula is C50H35IrN3S2-2. The fourth-order valence-corrected chi connectivity index (χ4v) is 8.28. The number of para-hydroxylation sites is 3. The number of benzene rings is 6. The monoisotopic (exact) mass is 940 g/mol. The Balaban J connectivity index is 0.000000214. The summed E-state index contributed by atoms with van der Waals surface area (Å²) in [5.41, 5.74) is 12.8. The SMILES string of the molecule is [2H]C([2H])([2H])c1c[c-]c(-c2ccc(C([2H])([2H])[2H])cn2)cc1.[Ir].[c-]1sc2ccc(-c3ccsc3)cc2c1-c1nc2ccccc2n1-c1c(-c2ccccc2)cccc1-c1ccccc1. The molecule has 10 aromatic rings. The second kappa shape index (κ2) is 16.5. The van der Waals surface area contributed by atoms with Crippen molar-refractivity contribution in [2.45, 2.75) is 13.7 Å². The molecule has 3 nitrogen and oxygen atoms in total. The van der Waals surface area contributed by atoms with Crippen molar-refractivity contribution in [1.29, 1.82) is 0 Å². The maximum Gasteiger partial charge on any atom is 0.0774 e. The molecule has 4 aromatic heterocycles. The Morgan fingerprint density at radius 2 is 1.39 bits per heavy atom. The first-order valence-electron chi connectivity index (χ1n) is 20.7. The van der Waals surface area contributed by atoms with Gasteiger partial charge in [-0.15, -0.1) is 40.8 Å². The normalized spacial score (nSPS) is 12.9. The topological polar surface area (TPSA) is 30.7 Å². The summed E-state index contributed by atoms with van der Waals surface area (Å²) in [4.78, 5) is 9.36. The van der Waals surface area contributed by atoms with Crippen molar-refractivity contribution in [2.24, 2.45) is 0 Å². The summed E-state index contributed by atoms with van der Waals surface area (Å²) >= 11 is 3.38. The van der Waals surface area contributed by atoms with Gasteiger partial charge in [-0.25, -0.2) is 0 Å². The van der Waals surface area contributed by atoms with Crippen molar-refractivity contribution < 1.29 is 28.3 Å². The molecule has 0 aliphatic carbocycles. The van der Waals surface area contributed by atoms with E-state index < -0.39 is 13.7 Å². The van der Waals surface area contributed by atoms with E-state index >= 15 is 0 Å². The number of imidazole rings is 1. The third-order valence-corrected chi connectivity index (χ3v) is 11.0. The van der Waals surface area contributed by atoms with Gasteiger partial charge in [0.15, 0.2) is 0 Å². The van der Waals surface area contributed by atoms with Crippen molar-refractivity contribution in [3.63, 3.8) is 0 Å². The zero-order valence-electron chi connectivity index (χ0n) is 35.7. The number of nitrogens with zero attached hydrogens (tertiary/aromatic N) is 3. The molecule has 1 radical (unpaired) electrons. The van der Waals surface area contributed by atoms with Crippen LogP contribution in [0.5, 0.6) is 0 Å². The molecule has 0 unspecified atom stereocenters. The molecule has 0 bridgehead atoms. The summed E-state index contributed by atoms with van der Waals surface area (Å²) in [6, 6.07) is 55.7. The van der Waals surface area contributed by atoms with Gasteiger partial charge in [0.05, 0.1) is 22.5 Å². The van der Waals surface area contributed by atoms with Gasteiger partial charge < -0.3 is 9.55 Å². The van der Waals surface area contributed by atoms with Crippen LogP contribution in [0.4, 0.5) is 0 Å². The van der Waals surface area contributed by atoms with Crippen LogP contribution in [0.25, 0.3) is 82.8 Å². The van der Waals surface area contributed by atoms with Crippen LogP contribution >= 0.6 is 22.7 Å². The predicted molar refractivity (Wildman–Crippen MR) is 233 cm³/mol. The van der Waals surface area contributed by atoms with Crippen LogP contribution in [0.1, 0.15) is 19.4 Å². The number of rotatable bonds is 6. The summed E-state index contributed by atoms with van der Waals surface area (Å²) in [5, 5.41) is 9.16. The number of hydrogen-bond acceptors (Lipinski definition) is 4. The predicted octanol–water partition coefficient (Wildman–Crippen LogP) is 13.9. The van der Waals surface area contributed by atoms with Crippen LogP contribution in [-0.4, -0.2) is 14.5 Å². The third kappa shape index (κ3) is 7.45. The molecular weight excluding hydrogens is 899 g/mol. The van der Waals surface area contributed by atoms with Crippen molar-refractivity contribution in [3.05, 3.63) is 197 Å². The quantitative estimate of drug-likeness (QED) is 0.156. The fourth-order valence-electron chi connectivity index (χ4n) is 6.79. The zero-order chi connectivity index (χ0) is 42.1. The van der Waals surface area contributed by atoms with Gasteiger partial charge in [0.1, 0.15) is 0 Å². The average molecular weight is 940 g/mol. The number of thiophene rings is 2. The van der Waals surface area contributed by atoms with Crippen LogP contribution in [0.3, 0.4) is 0 Å². The largest absolute Gasteiger partial charge is 0.332 e. The summed E-state index contributed by atoms with van der Waals surface area (Å²) < 4.78 is 47.2. The Kier molecular flexibility index (Phi) is 9.00. The summed E-state index contributed by atoms with van der Waals surface area (Å²) in [7, 11) is 0. The Morgan fingerprint density at radius 3 is 2.05 bits per heavy atom. The van der Waals surface area contributed by atoms with Gasteiger partial charge in [0.25, 0.3) is 0 Å². The molecule has 6 aromatic carbocycles. The van der Waals surface area contributed by atoms with Gasteiger partial charge in [0, 0.05) is 45.7 Å². The number of hydrogen-bond donors (Lipinski definition) is 0. The molecule has 0 saturated heterocycles. The number of pyridine rings is 1. The second-order valence-electron chi connectivity index (χ2n) is 12.9. The summed E-state index contributed by atoms with van der Waals surface area (Å²) in [6.07, 6.45) is 1.30. The van der Waals surface area contributed by atoms with E-state index in [4.69, 9.17) is 13.2 Å². The maximum absolute atomic E-state index is 7.28. The van der Waals surface area contributed by atoms with Gasteiger partial charge in [-0.3, -0.25) is 16.3 Å². The zero-order valence-corrected chi connectivity index (χ0v) is 33.8. The number of aromatic nitrogens is 3. The third-order valence-electron chi connectivity index (χ3n) is 9.43. The molecule has 273 valence electrons. The molecule has 4 heterocycles. The minimum Gasteiger partial charge on any atom is -0.332 e. The summed E-state index contributed by atoms with van der Waals surface area (Å²) in [5.74, 6) is 0.903. The van der Waals surface area contributed by atoms with E-state index in [1.807, 2.05) is 0 Å². The second-order valence-corrected chi connectivity index (χ2v) is 14.5. The minimum atomic E-state index is -2.18. The first-order valence-corrected chi connectivity index (χ1v) is 19.5. The summed E-state index contributed by atoms with van der Waals surface area (Å²) in [6.45, 7) is -4.34. The molecule has 0 spiro atoms. The van der Waals surface area contributed by atoms with E-state index in [0.29, 0.717) is 11.3 Å². The van der Waals surface area contributed by atoms with Gasteiger partial charge in [-0.2, -0.15) is 11.3 Å². The van der Waals surface area contributed by atoms with Crippen LogP contribution in [0.2, 0.25) is 0 Å². The molecule has 0 aliphatic heterocycles. The number of fused-ring (bicyclic) bond motifs is 2. The van der Waals surface area contributed by atoms with E-state index in [2.05, 4.69) is 159 Å². The molecule has 0 saturated carbocycles. The first kappa shape index (κ1) is 30.5. The molecule has 56 heavy (non-hydrogen) atoms. The van der Waals surface area contributed by atoms with Gasteiger partial charge in [-0.1, -0.05) is 144 Å². The molecule has 0 aliphatic rings. The average Bonchev–Trinajstić information content (AvgIpc) is 4.06. The molecule has 0 N–H and O–H groups in total. The maximum atomic E-state index is 7.28. The molecule has 6 heteroatoms. The fraction of sp³-hybridized carbons (Fsp3) is 0.0400. The molecule has 0 amide bonds. The van der Waals surface area contributed by atoms with Crippen molar-refractivity contribution in [1.82, 2.24) is 14.5 Å². The van der Waals surface area contributed by atoms with Crippen LogP contribution < -0.4 is 0 Å². The first-order chi connectivity index (χ1) is 29.5. The smallest absolute Gasteiger partial charge is 0.0774 e. The Hall–Kier alpha value is -5.75. The van der Waals surface area contributed by atoms with E-state index in [-0.39, 0.29) is 31.2 Å². The van der Waals surface area contributed by atoms with Gasteiger partial charge in [-0.05, 0) is 69.3 Å². The Morgan fingerprint density at radius 1 is 0.661 bits per heavy atom. The van der Waals surface area contributed by atoms with Crippen molar-refractivity contribution >= 4 is 43.8 Å². The Labute approximate surface area is 357 Å². The van der Waals surface area contributed by atoms with E-state index in [0.717, 1.165) is 39.2 Å². The Bertz CT molecular complexity index is 2970. The van der Waals surface area contributed by atoms with E-state index in [1.54, 1.807) is 34.8 Å². The molecule has 0 fully saturated rings. The van der Waals surface area contributed by atoms with E-state index in [1.165, 1.54) is 56.7 Å². The van der Waals surface area contributed by atoms with Crippen molar-refractivity contribution in [3.8, 4) is 61.7 Å².